The molecule has 0 atom stereocenters. The fraction of sp³-hybridized carbons (Fsp3) is 0.278. The van der Waals surface area contributed by atoms with E-state index in [2.05, 4.69) is 0 Å². The summed E-state index contributed by atoms with van der Waals surface area (Å²) >= 11 is 0. The van der Waals surface area contributed by atoms with Gasteiger partial charge in [0, 0.05) is 24.8 Å². The Morgan fingerprint density at radius 3 is 2.25 bits per heavy atom. The molecule has 0 radical (unpaired) electrons. The lowest BCUT2D eigenvalue weighted by Gasteiger charge is -2.19. The van der Waals surface area contributed by atoms with E-state index in [-0.39, 0.29) is 23.6 Å². The number of aromatic nitrogens is 1. The van der Waals surface area contributed by atoms with Crippen molar-refractivity contribution >= 4 is 11.9 Å². The number of carbonyl (C=O) groups excluding carboxylic acids is 1. The average molecular weight is 328 g/mol. The number of amides is 1. The van der Waals surface area contributed by atoms with Gasteiger partial charge in [-0.1, -0.05) is 12.1 Å². The predicted octanol–water partition coefficient (Wildman–Crippen LogP) is 2.08. The summed E-state index contributed by atoms with van der Waals surface area (Å²) in [5.41, 5.74) is 0.934. The minimum atomic E-state index is -1.02. The molecule has 1 heterocycles. The van der Waals surface area contributed by atoms with Crippen molar-refractivity contribution in [2.45, 2.75) is 20.4 Å². The molecule has 6 nitrogen and oxygen atoms in total. The number of carboxylic acids is 1. The molecule has 126 valence electrons. The summed E-state index contributed by atoms with van der Waals surface area (Å²) in [6.45, 7) is 4.97. The van der Waals surface area contributed by atoms with E-state index in [0.717, 1.165) is 0 Å². The normalized spacial score (nSPS) is 10.4. The van der Waals surface area contributed by atoms with Crippen molar-refractivity contribution in [1.82, 2.24) is 9.47 Å². The van der Waals surface area contributed by atoms with E-state index >= 15 is 0 Å². The molecule has 0 unspecified atom stereocenters. The van der Waals surface area contributed by atoms with Gasteiger partial charge in [0.25, 0.3) is 5.56 Å². The number of aromatic carboxylic acids is 1. The Hall–Kier alpha value is -2.89. The van der Waals surface area contributed by atoms with Gasteiger partial charge in [-0.3, -0.25) is 9.59 Å². The van der Waals surface area contributed by atoms with Crippen LogP contribution in [0, 0.1) is 0 Å². The van der Waals surface area contributed by atoms with Crippen molar-refractivity contribution < 1.29 is 14.7 Å². The van der Waals surface area contributed by atoms with E-state index in [0.29, 0.717) is 24.2 Å². The van der Waals surface area contributed by atoms with E-state index in [1.54, 1.807) is 35.4 Å². The third kappa shape index (κ3) is 3.71. The van der Waals surface area contributed by atoms with Crippen LogP contribution in [0.4, 0.5) is 0 Å². The zero-order valence-electron chi connectivity index (χ0n) is 13.7. The molecule has 1 amide bonds. The minimum Gasteiger partial charge on any atom is -0.478 e. The lowest BCUT2D eigenvalue weighted by atomic mass is 10.1. The highest BCUT2D eigenvalue weighted by atomic mass is 16.4. The smallest absolute Gasteiger partial charge is 0.335 e. The second-order valence-corrected chi connectivity index (χ2v) is 5.30. The first kappa shape index (κ1) is 17.5. The number of carboxylic acid groups (broad SMARTS) is 1. The highest BCUT2D eigenvalue weighted by Gasteiger charge is 2.13. The molecule has 0 aliphatic heterocycles. The third-order valence-corrected chi connectivity index (χ3v) is 3.88. The van der Waals surface area contributed by atoms with Gasteiger partial charge in [0.2, 0.25) is 5.91 Å². The van der Waals surface area contributed by atoms with Crippen molar-refractivity contribution in [3.63, 3.8) is 0 Å². The molecule has 0 saturated carbocycles. The van der Waals surface area contributed by atoms with Crippen molar-refractivity contribution in [2.75, 3.05) is 13.1 Å². The van der Waals surface area contributed by atoms with E-state index in [4.69, 9.17) is 5.11 Å². The lowest BCUT2D eigenvalue weighted by molar-refractivity contribution is -0.131. The second kappa shape index (κ2) is 7.59. The molecule has 1 aromatic carbocycles. The van der Waals surface area contributed by atoms with Crippen molar-refractivity contribution in [1.29, 1.82) is 0 Å². The molecule has 0 spiro atoms. The summed E-state index contributed by atoms with van der Waals surface area (Å²) in [6.07, 6.45) is 1.58. The number of rotatable bonds is 6. The van der Waals surface area contributed by atoms with Crippen LogP contribution in [0.3, 0.4) is 0 Å². The Bertz CT molecular complexity index is 789. The fourth-order valence-electron chi connectivity index (χ4n) is 2.50. The topological polar surface area (TPSA) is 79.6 Å². The summed E-state index contributed by atoms with van der Waals surface area (Å²) in [7, 11) is 0. The number of likely N-dealkylation sites (N-methyl/N-ethyl adjacent to an activating group) is 1. The van der Waals surface area contributed by atoms with Gasteiger partial charge in [0.1, 0.15) is 6.54 Å². The Morgan fingerprint density at radius 1 is 1.08 bits per heavy atom. The SMILES string of the molecule is CCN(CC)C(=O)Cn1cccc(-c2ccc(C(=O)O)cc2)c1=O. The summed E-state index contributed by atoms with van der Waals surface area (Å²) in [6, 6.07) is 9.46. The van der Waals surface area contributed by atoms with Gasteiger partial charge >= 0.3 is 5.97 Å². The number of benzene rings is 1. The first-order valence-corrected chi connectivity index (χ1v) is 7.78. The lowest BCUT2D eigenvalue weighted by Crippen LogP contribution is -2.36. The van der Waals surface area contributed by atoms with E-state index < -0.39 is 5.97 Å². The van der Waals surface area contributed by atoms with Gasteiger partial charge in [-0.25, -0.2) is 4.79 Å². The van der Waals surface area contributed by atoms with Gasteiger partial charge in [0.05, 0.1) is 5.56 Å². The first-order valence-electron chi connectivity index (χ1n) is 7.78. The zero-order valence-corrected chi connectivity index (χ0v) is 13.7. The first-order chi connectivity index (χ1) is 11.5. The van der Waals surface area contributed by atoms with E-state index in [9.17, 15) is 14.4 Å². The Balaban J connectivity index is 2.32. The summed E-state index contributed by atoms with van der Waals surface area (Å²) in [5.74, 6) is -1.13. The maximum atomic E-state index is 12.6. The van der Waals surface area contributed by atoms with Gasteiger partial charge in [-0.15, -0.1) is 0 Å². The number of hydrogen-bond acceptors (Lipinski definition) is 3. The predicted molar refractivity (Wildman–Crippen MR) is 91.0 cm³/mol. The van der Waals surface area contributed by atoms with Crippen LogP contribution in [0.1, 0.15) is 24.2 Å². The van der Waals surface area contributed by atoms with Gasteiger partial charge in [-0.2, -0.15) is 0 Å². The molecule has 0 aliphatic carbocycles. The largest absolute Gasteiger partial charge is 0.478 e. The molecule has 0 bridgehead atoms. The molecule has 24 heavy (non-hydrogen) atoms. The molecule has 2 aromatic rings. The summed E-state index contributed by atoms with van der Waals surface area (Å²) in [4.78, 5) is 37.4. The Labute approximate surface area is 140 Å². The van der Waals surface area contributed by atoms with Crippen molar-refractivity contribution in [3.05, 3.63) is 58.5 Å². The number of nitrogens with zero attached hydrogens (tertiary/aromatic N) is 2. The van der Waals surface area contributed by atoms with Crippen LogP contribution >= 0.6 is 0 Å². The molecular weight excluding hydrogens is 308 g/mol. The van der Waals surface area contributed by atoms with Crippen LogP contribution < -0.4 is 5.56 Å². The highest BCUT2D eigenvalue weighted by molar-refractivity contribution is 5.88. The van der Waals surface area contributed by atoms with Crippen molar-refractivity contribution in [3.8, 4) is 11.1 Å². The standard InChI is InChI=1S/C18H20N2O4/c1-3-19(4-2)16(21)12-20-11-5-6-15(17(20)22)13-7-9-14(10-8-13)18(23)24/h5-11H,3-4,12H2,1-2H3,(H,23,24). The molecule has 1 aromatic heterocycles. The van der Waals surface area contributed by atoms with E-state index in [1.807, 2.05) is 13.8 Å². The number of hydrogen-bond donors (Lipinski definition) is 1. The number of pyridine rings is 1. The molecule has 0 aliphatic rings. The maximum absolute atomic E-state index is 12.6. The maximum Gasteiger partial charge on any atom is 0.335 e. The molecular formula is C18H20N2O4. The molecule has 1 N–H and O–H groups in total. The Kier molecular flexibility index (Phi) is 5.52. The summed E-state index contributed by atoms with van der Waals surface area (Å²) < 4.78 is 1.38. The molecule has 2 rings (SSSR count). The Morgan fingerprint density at radius 2 is 1.71 bits per heavy atom. The van der Waals surface area contributed by atoms with Crippen LogP contribution in [-0.4, -0.2) is 39.5 Å². The van der Waals surface area contributed by atoms with E-state index in [1.165, 1.54) is 16.7 Å². The second-order valence-electron chi connectivity index (χ2n) is 5.30. The fourth-order valence-corrected chi connectivity index (χ4v) is 2.50. The number of carbonyl (C=O) groups is 2. The molecule has 0 fully saturated rings. The van der Waals surface area contributed by atoms with Crippen LogP contribution in [0.2, 0.25) is 0 Å². The average Bonchev–Trinajstić information content (AvgIpc) is 2.58. The van der Waals surface area contributed by atoms with Gasteiger partial charge in [-0.05, 0) is 43.7 Å². The van der Waals surface area contributed by atoms with Crippen LogP contribution in [0.25, 0.3) is 11.1 Å². The highest BCUT2D eigenvalue weighted by Crippen LogP contribution is 2.16. The third-order valence-electron chi connectivity index (χ3n) is 3.88. The summed E-state index contributed by atoms with van der Waals surface area (Å²) in [5, 5.41) is 8.93. The van der Waals surface area contributed by atoms with Crippen LogP contribution in [-0.2, 0) is 11.3 Å². The van der Waals surface area contributed by atoms with Gasteiger partial charge in [0.15, 0.2) is 0 Å². The van der Waals surface area contributed by atoms with Crippen LogP contribution in [0.15, 0.2) is 47.4 Å². The minimum absolute atomic E-state index is 0.0123. The van der Waals surface area contributed by atoms with Crippen LogP contribution in [0.5, 0.6) is 0 Å². The molecule has 0 saturated heterocycles. The monoisotopic (exact) mass is 328 g/mol. The quantitative estimate of drug-likeness (QED) is 0.880. The van der Waals surface area contributed by atoms with Gasteiger partial charge < -0.3 is 14.6 Å². The van der Waals surface area contributed by atoms with Crippen molar-refractivity contribution in [2.24, 2.45) is 0 Å². The zero-order chi connectivity index (χ0) is 17.7. The molecule has 6 heteroatoms.